The van der Waals surface area contributed by atoms with Crippen LogP contribution in [0.2, 0.25) is 0 Å². The van der Waals surface area contributed by atoms with Crippen molar-refractivity contribution in [1.82, 2.24) is 9.55 Å². The van der Waals surface area contributed by atoms with E-state index in [-0.39, 0.29) is 38.7 Å². The van der Waals surface area contributed by atoms with Gasteiger partial charge in [-0.2, -0.15) is 6.07 Å². The monoisotopic (exact) mass is 1070 g/mol. The van der Waals surface area contributed by atoms with Crippen molar-refractivity contribution in [3.05, 3.63) is 230 Å². The molecule has 6 nitrogen and oxygen atoms in total. The Morgan fingerprint density at radius 3 is 1.85 bits per heavy atom. The van der Waals surface area contributed by atoms with Crippen LogP contribution in [0.1, 0.15) is 50.7 Å². The molecule has 8 aromatic carbocycles. The molecule has 0 fully saturated rings. The number of aromatic nitrogens is 2. The molecule has 0 radical (unpaired) electrons. The number of nitrogens with zero attached hydrogens (tertiary/aromatic N) is 5. The van der Waals surface area contributed by atoms with Crippen LogP contribution in [-0.2, 0) is 21.1 Å². The van der Waals surface area contributed by atoms with Gasteiger partial charge in [-0.15, -0.1) is 42.4 Å². The van der Waals surface area contributed by atoms with Gasteiger partial charge < -0.3 is 24.0 Å². The van der Waals surface area contributed by atoms with Gasteiger partial charge in [-0.25, -0.2) is 9.37 Å². The molecule has 8 heteroatoms. The number of anilines is 7. The summed E-state index contributed by atoms with van der Waals surface area (Å²) in [4.78, 5) is 11.5. The molecule has 68 heavy (non-hydrogen) atoms. The summed E-state index contributed by atoms with van der Waals surface area (Å²) in [5.41, 5.74) is 12.4. The van der Waals surface area contributed by atoms with E-state index in [1.165, 1.54) is 6.07 Å². The summed E-state index contributed by atoms with van der Waals surface area (Å²) < 4.78 is 24.5. The predicted molar refractivity (Wildman–Crippen MR) is 272 cm³/mol. The van der Waals surface area contributed by atoms with Gasteiger partial charge >= 0.3 is 0 Å². The van der Waals surface area contributed by atoms with Crippen LogP contribution in [0.15, 0.2) is 194 Å². The Bertz CT molecular complexity index is 3340. The predicted octanol–water partition coefficient (Wildman–Crippen LogP) is 16.5. The molecule has 0 N–H and O–H groups in total. The van der Waals surface area contributed by atoms with Crippen molar-refractivity contribution in [2.24, 2.45) is 0 Å². The number of hydrogen-bond donors (Lipinski definition) is 0. The Morgan fingerprint density at radius 2 is 1.19 bits per heavy atom. The molecule has 1 aliphatic rings. The van der Waals surface area contributed by atoms with E-state index < -0.39 is 0 Å². The van der Waals surface area contributed by atoms with Crippen molar-refractivity contribution in [3.63, 3.8) is 0 Å². The largest absolute Gasteiger partial charge is 0.509 e. The molecular weight excluding hydrogens is 1020 g/mol. The summed E-state index contributed by atoms with van der Waals surface area (Å²) in [6, 6.07) is 70.6. The molecule has 0 saturated heterocycles. The van der Waals surface area contributed by atoms with Gasteiger partial charge in [0.25, 0.3) is 0 Å². The number of hydrogen-bond acceptors (Lipinski definition) is 5. The van der Waals surface area contributed by atoms with Crippen LogP contribution in [0.3, 0.4) is 0 Å². The minimum atomic E-state index is -0.231. The maximum Gasteiger partial charge on any atom is 0.135 e. The first-order valence-corrected chi connectivity index (χ1v) is 22.8. The summed E-state index contributed by atoms with van der Waals surface area (Å²) in [6.45, 7) is 11.0. The Kier molecular flexibility index (Phi) is 12.2. The summed E-state index contributed by atoms with van der Waals surface area (Å²) in [5.74, 6) is 1.91. The zero-order valence-corrected chi connectivity index (χ0v) is 40.3. The molecule has 0 bridgehead atoms. The molecule has 0 amide bonds. The van der Waals surface area contributed by atoms with Crippen molar-refractivity contribution >= 4 is 61.6 Å². The fraction of sp³-hybridized carbons (Fsp3) is 0.100. The van der Waals surface area contributed by atoms with E-state index >= 15 is 4.39 Å². The Labute approximate surface area is 411 Å². The van der Waals surface area contributed by atoms with Gasteiger partial charge in [-0.05, 0) is 107 Å². The normalized spacial score (nSPS) is 12.2. The van der Waals surface area contributed by atoms with Gasteiger partial charge in [-0.3, -0.25) is 0 Å². The van der Waals surface area contributed by atoms with Crippen molar-refractivity contribution in [1.29, 1.82) is 0 Å². The molecule has 0 spiro atoms. The number of benzene rings is 8. The van der Waals surface area contributed by atoms with Crippen molar-refractivity contribution in [2.45, 2.75) is 39.5 Å². The minimum Gasteiger partial charge on any atom is -0.509 e. The second-order valence-electron chi connectivity index (χ2n) is 17.5. The molecule has 1 aliphatic heterocycles. The standard InChI is InChI=1S/C60H47FN5O.Pt/c1-40(2)52-33-42(49-23-11-13-25-54(49)61)34-53(41(3)4)60(52)64-39-63(56-27-15-16-28-57(56)64)45-35-46(65(43-19-7-5-8-20-43)44-21-9-6-10-22-44)37-48(36-45)67-47-30-31-51-50-24-12-14-26-55(50)66(58(51)38-47)59-29-17-18-32-62-59;/h5-35,37,39-41H,1-4H3;/q-3;. The van der Waals surface area contributed by atoms with Gasteiger partial charge in [0.2, 0.25) is 0 Å². The molecule has 0 unspecified atom stereocenters. The van der Waals surface area contributed by atoms with Crippen LogP contribution < -0.4 is 19.4 Å². The average molecular weight is 1070 g/mol. The third-order valence-corrected chi connectivity index (χ3v) is 12.5. The molecule has 2 aromatic heterocycles. The van der Waals surface area contributed by atoms with Crippen LogP contribution in [0, 0.1) is 24.6 Å². The van der Waals surface area contributed by atoms with E-state index in [0.29, 0.717) is 17.1 Å². The molecule has 3 heterocycles. The van der Waals surface area contributed by atoms with E-state index in [9.17, 15) is 0 Å². The maximum atomic E-state index is 15.4. The van der Waals surface area contributed by atoms with Crippen molar-refractivity contribution in [2.75, 3.05) is 14.7 Å². The molecule has 0 atom stereocenters. The Morgan fingerprint density at radius 1 is 0.574 bits per heavy atom. The van der Waals surface area contributed by atoms with Crippen molar-refractivity contribution in [3.8, 4) is 28.4 Å². The smallest absolute Gasteiger partial charge is 0.135 e. The van der Waals surface area contributed by atoms with Gasteiger partial charge in [0, 0.05) is 78.3 Å². The van der Waals surface area contributed by atoms with Gasteiger partial charge in [-0.1, -0.05) is 136 Å². The molecule has 0 saturated carbocycles. The van der Waals surface area contributed by atoms with E-state index in [2.05, 4.69) is 181 Å². The summed E-state index contributed by atoms with van der Waals surface area (Å²) >= 11 is 0. The Balaban J connectivity index is 0.00000539. The SMILES string of the molecule is CC(C)c1cc(-c2ccccc2F)cc(C(C)C)c1N1[CH-]N(c2[c-]c(Oc3[c-]c4c(cc3)c3ccccc3n4-c3ccccn3)cc(N(c3ccccc3)c3ccccc3)c2)c2ccccc21.[Pt]. The minimum absolute atomic E-state index is 0. The van der Waals surface area contributed by atoms with Crippen LogP contribution in [0.25, 0.3) is 38.8 Å². The second-order valence-corrected chi connectivity index (χ2v) is 17.5. The van der Waals surface area contributed by atoms with E-state index in [1.807, 2.05) is 66.9 Å². The number of ether oxygens (including phenoxy) is 1. The third-order valence-electron chi connectivity index (χ3n) is 12.5. The molecule has 338 valence electrons. The van der Waals surface area contributed by atoms with Crippen molar-refractivity contribution < 1.29 is 30.2 Å². The van der Waals surface area contributed by atoms with E-state index in [4.69, 9.17) is 9.72 Å². The van der Waals surface area contributed by atoms with Gasteiger partial charge in [0.05, 0.1) is 0 Å². The Hall–Kier alpha value is -7.47. The number of rotatable bonds is 11. The summed E-state index contributed by atoms with van der Waals surface area (Å²) in [5, 5.41) is 2.16. The molecule has 11 rings (SSSR count). The van der Waals surface area contributed by atoms with E-state index in [0.717, 1.165) is 84.1 Å². The fourth-order valence-electron chi connectivity index (χ4n) is 9.38. The number of halogens is 1. The fourth-order valence-corrected chi connectivity index (χ4v) is 9.38. The number of para-hydroxylation sites is 5. The van der Waals surface area contributed by atoms with Gasteiger partial charge in [0.1, 0.15) is 11.6 Å². The van der Waals surface area contributed by atoms with Crippen LogP contribution in [-0.4, -0.2) is 9.55 Å². The maximum absolute atomic E-state index is 15.4. The average Bonchev–Trinajstić information content (AvgIpc) is 3.91. The summed E-state index contributed by atoms with van der Waals surface area (Å²) in [7, 11) is 0. The topological polar surface area (TPSA) is 36.8 Å². The molecule has 0 aliphatic carbocycles. The first kappa shape index (κ1) is 44.4. The van der Waals surface area contributed by atoms with Crippen LogP contribution in [0.5, 0.6) is 11.5 Å². The second kappa shape index (κ2) is 18.7. The van der Waals surface area contributed by atoms with Crippen LogP contribution in [0.4, 0.5) is 44.2 Å². The number of fused-ring (bicyclic) bond motifs is 4. The number of pyridine rings is 1. The van der Waals surface area contributed by atoms with E-state index in [1.54, 1.807) is 6.07 Å². The third kappa shape index (κ3) is 8.11. The zero-order chi connectivity index (χ0) is 45.6. The summed E-state index contributed by atoms with van der Waals surface area (Å²) in [6.07, 6.45) is 1.81. The molecular formula is C60H47FN5OPt-3. The van der Waals surface area contributed by atoms with Gasteiger partial charge in [0.15, 0.2) is 0 Å². The zero-order valence-electron chi connectivity index (χ0n) is 38.0. The molecule has 10 aromatic rings. The first-order chi connectivity index (χ1) is 32.8. The van der Waals surface area contributed by atoms with Crippen LogP contribution >= 0.6 is 0 Å². The first-order valence-electron chi connectivity index (χ1n) is 22.8. The quantitative estimate of drug-likeness (QED) is 0.121.